The SMILES string of the molecule is C/C(=N/c1nnc(C)c(C)n1)N(C)C. The van der Waals surface area contributed by atoms with Crippen LogP contribution in [0.15, 0.2) is 4.99 Å². The lowest BCUT2D eigenvalue weighted by Gasteiger charge is -2.09. The van der Waals surface area contributed by atoms with E-state index >= 15 is 0 Å². The second-order valence-corrected chi connectivity index (χ2v) is 3.34. The fourth-order valence-electron chi connectivity index (χ4n) is 0.737. The number of rotatable bonds is 1. The van der Waals surface area contributed by atoms with E-state index in [1.165, 1.54) is 0 Å². The van der Waals surface area contributed by atoms with Gasteiger partial charge >= 0.3 is 0 Å². The highest BCUT2D eigenvalue weighted by Crippen LogP contribution is 2.05. The zero-order valence-electron chi connectivity index (χ0n) is 9.24. The summed E-state index contributed by atoms with van der Waals surface area (Å²) in [5.41, 5.74) is 1.71. The van der Waals surface area contributed by atoms with Crippen LogP contribution in [0.1, 0.15) is 18.3 Å². The summed E-state index contributed by atoms with van der Waals surface area (Å²) in [6, 6.07) is 0. The van der Waals surface area contributed by atoms with E-state index in [9.17, 15) is 0 Å². The molecule has 5 heteroatoms. The van der Waals surface area contributed by atoms with Crippen LogP contribution in [0.2, 0.25) is 0 Å². The first-order valence-corrected chi connectivity index (χ1v) is 4.41. The third-order valence-corrected chi connectivity index (χ3v) is 1.99. The number of amidine groups is 1. The molecule has 76 valence electrons. The van der Waals surface area contributed by atoms with Crippen molar-refractivity contribution in [2.75, 3.05) is 14.1 Å². The zero-order valence-corrected chi connectivity index (χ0v) is 9.24. The maximum absolute atomic E-state index is 4.22. The number of aliphatic imine (C=N–C) groups is 1. The van der Waals surface area contributed by atoms with Crippen molar-refractivity contribution in [1.82, 2.24) is 20.1 Å². The maximum atomic E-state index is 4.22. The van der Waals surface area contributed by atoms with Crippen molar-refractivity contribution >= 4 is 11.8 Å². The summed E-state index contributed by atoms with van der Waals surface area (Å²) in [4.78, 5) is 10.3. The molecule has 0 aromatic carbocycles. The first kappa shape index (κ1) is 10.6. The van der Waals surface area contributed by atoms with E-state index in [-0.39, 0.29) is 0 Å². The van der Waals surface area contributed by atoms with Gasteiger partial charge in [0.15, 0.2) is 0 Å². The van der Waals surface area contributed by atoms with Gasteiger partial charge in [0.1, 0.15) is 5.84 Å². The molecule has 0 aliphatic rings. The third kappa shape index (κ3) is 2.48. The molecule has 0 radical (unpaired) electrons. The topological polar surface area (TPSA) is 54.3 Å². The van der Waals surface area contributed by atoms with E-state index in [4.69, 9.17) is 0 Å². The van der Waals surface area contributed by atoms with E-state index in [0.29, 0.717) is 5.95 Å². The van der Waals surface area contributed by atoms with Gasteiger partial charge in [-0.2, -0.15) is 10.1 Å². The minimum Gasteiger partial charge on any atom is -0.366 e. The Balaban J connectivity index is 2.98. The number of aryl methyl sites for hydroxylation is 2. The highest BCUT2D eigenvalue weighted by Gasteiger charge is 2.01. The van der Waals surface area contributed by atoms with Crippen molar-refractivity contribution < 1.29 is 0 Å². The van der Waals surface area contributed by atoms with Crippen molar-refractivity contribution in [3.05, 3.63) is 11.4 Å². The molecule has 1 rings (SSSR count). The van der Waals surface area contributed by atoms with Crippen molar-refractivity contribution in [3.63, 3.8) is 0 Å². The molecule has 0 aliphatic carbocycles. The van der Waals surface area contributed by atoms with Crippen LogP contribution in [0.4, 0.5) is 5.95 Å². The van der Waals surface area contributed by atoms with Gasteiger partial charge in [-0.15, -0.1) is 5.10 Å². The Morgan fingerprint density at radius 2 is 1.79 bits per heavy atom. The van der Waals surface area contributed by atoms with Crippen LogP contribution in [-0.4, -0.2) is 40.0 Å². The molecule has 14 heavy (non-hydrogen) atoms. The van der Waals surface area contributed by atoms with Crippen LogP contribution in [0.3, 0.4) is 0 Å². The Kier molecular flexibility index (Phi) is 3.11. The average molecular weight is 193 g/mol. The first-order chi connectivity index (χ1) is 6.50. The molecule has 0 N–H and O–H groups in total. The van der Waals surface area contributed by atoms with Gasteiger partial charge in [-0.1, -0.05) is 0 Å². The van der Waals surface area contributed by atoms with Gasteiger partial charge in [0.2, 0.25) is 0 Å². The number of hydrogen-bond acceptors (Lipinski definition) is 4. The van der Waals surface area contributed by atoms with Gasteiger partial charge in [0.25, 0.3) is 5.95 Å². The maximum Gasteiger partial charge on any atom is 0.270 e. The lowest BCUT2D eigenvalue weighted by molar-refractivity contribution is 0.617. The van der Waals surface area contributed by atoms with Crippen LogP contribution < -0.4 is 0 Å². The molecule has 0 atom stereocenters. The Hall–Kier alpha value is -1.52. The average Bonchev–Trinajstić information content (AvgIpc) is 2.11. The molecule has 0 fully saturated rings. The molecular weight excluding hydrogens is 178 g/mol. The van der Waals surface area contributed by atoms with E-state index in [1.807, 2.05) is 39.8 Å². The molecule has 0 unspecified atom stereocenters. The van der Waals surface area contributed by atoms with Crippen molar-refractivity contribution in [2.45, 2.75) is 20.8 Å². The summed E-state index contributed by atoms with van der Waals surface area (Å²) in [6.07, 6.45) is 0. The molecule has 0 aliphatic heterocycles. The Labute approximate surface area is 83.9 Å². The highest BCUT2D eigenvalue weighted by molar-refractivity contribution is 5.81. The van der Waals surface area contributed by atoms with Crippen LogP contribution in [-0.2, 0) is 0 Å². The van der Waals surface area contributed by atoms with E-state index in [1.54, 1.807) is 0 Å². The fraction of sp³-hybridized carbons (Fsp3) is 0.556. The molecule has 1 aromatic rings. The molecule has 0 spiro atoms. The second-order valence-electron chi connectivity index (χ2n) is 3.34. The summed E-state index contributed by atoms with van der Waals surface area (Å²) in [6.45, 7) is 5.67. The Morgan fingerprint density at radius 3 is 2.29 bits per heavy atom. The van der Waals surface area contributed by atoms with Crippen LogP contribution in [0.25, 0.3) is 0 Å². The number of aromatic nitrogens is 3. The van der Waals surface area contributed by atoms with Crippen molar-refractivity contribution in [1.29, 1.82) is 0 Å². The summed E-state index contributed by atoms with van der Waals surface area (Å²) < 4.78 is 0. The summed E-state index contributed by atoms with van der Waals surface area (Å²) >= 11 is 0. The van der Waals surface area contributed by atoms with Gasteiger partial charge in [-0.3, -0.25) is 0 Å². The standard InChI is InChI=1S/C9H15N5/c1-6-7(2)12-13-9(10-6)11-8(3)14(4)5/h1-5H3/b11-8-. The van der Waals surface area contributed by atoms with Crippen LogP contribution >= 0.6 is 0 Å². The summed E-state index contributed by atoms with van der Waals surface area (Å²) in [5.74, 6) is 1.27. The van der Waals surface area contributed by atoms with Gasteiger partial charge < -0.3 is 4.90 Å². The number of hydrogen-bond donors (Lipinski definition) is 0. The molecule has 5 nitrogen and oxygen atoms in total. The molecule has 0 amide bonds. The Morgan fingerprint density at radius 1 is 1.14 bits per heavy atom. The number of nitrogens with zero attached hydrogens (tertiary/aromatic N) is 5. The first-order valence-electron chi connectivity index (χ1n) is 4.41. The molecule has 0 saturated heterocycles. The lowest BCUT2D eigenvalue weighted by Crippen LogP contribution is -2.18. The van der Waals surface area contributed by atoms with Gasteiger partial charge in [0, 0.05) is 14.1 Å². The fourth-order valence-corrected chi connectivity index (χ4v) is 0.737. The van der Waals surface area contributed by atoms with Crippen molar-refractivity contribution in [2.24, 2.45) is 4.99 Å². The van der Waals surface area contributed by atoms with E-state index in [2.05, 4.69) is 20.2 Å². The van der Waals surface area contributed by atoms with Gasteiger partial charge in [-0.25, -0.2) is 4.98 Å². The van der Waals surface area contributed by atoms with Crippen molar-refractivity contribution in [3.8, 4) is 0 Å². The normalized spacial score (nSPS) is 11.6. The smallest absolute Gasteiger partial charge is 0.270 e. The van der Waals surface area contributed by atoms with E-state index < -0.39 is 0 Å². The zero-order chi connectivity index (χ0) is 10.7. The third-order valence-electron chi connectivity index (χ3n) is 1.99. The molecule has 0 saturated carbocycles. The molecule has 1 aromatic heterocycles. The largest absolute Gasteiger partial charge is 0.366 e. The minimum absolute atomic E-state index is 0.416. The predicted octanol–water partition coefficient (Wildman–Crippen LogP) is 1.10. The minimum atomic E-state index is 0.416. The predicted molar refractivity (Wildman–Crippen MR) is 55.8 cm³/mol. The monoisotopic (exact) mass is 193 g/mol. The van der Waals surface area contributed by atoms with E-state index in [0.717, 1.165) is 17.2 Å². The van der Waals surface area contributed by atoms with Crippen LogP contribution in [0.5, 0.6) is 0 Å². The Bertz CT molecular complexity index is 356. The molecule has 1 heterocycles. The molecule has 0 bridgehead atoms. The second kappa shape index (κ2) is 4.13. The van der Waals surface area contributed by atoms with Gasteiger partial charge in [-0.05, 0) is 20.8 Å². The van der Waals surface area contributed by atoms with Gasteiger partial charge in [0.05, 0.1) is 11.4 Å². The summed E-state index contributed by atoms with van der Waals surface area (Å²) in [5, 5.41) is 7.84. The quantitative estimate of drug-likeness (QED) is 0.495. The summed E-state index contributed by atoms with van der Waals surface area (Å²) in [7, 11) is 3.85. The molecular formula is C9H15N5. The lowest BCUT2D eigenvalue weighted by atomic mass is 10.4. The highest BCUT2D eigenvalue weighted by atomic mass is 15.2. The van der Waals surface area contributed by atoms with Crippen LogP contribution in [0, 0.1) is 13.8 Å².